The average molecular weight is 242 g/mol. The highest BCUT2D eigenvalue weighted by Gasteiger charge is 2.10. The Kier molecular flexibility index (Phi) is 7.59. The molecule has 0 aliphatic carbocycles. The summed E-state index contributed by atoms with van der Waals surface area (Å²) in [6.45, 7) is 6.12. The van der Waals surface area contributed by atoms with E-state index in [9.17, 15) is 8.42 Å². The van der Waals surface area contributed by atoms with Crippen molar-refractivity contribution >= 4 is 21.4 Å². The lowest BCUT2D eigenvalue weighted by atomic mass is 10.4. The van der Waals surface area contributed by atoms with Gasteiger partial charge in [-0.2, -0.15) is 0 Å². The number of halogens is 1. The van der Waals surface area contributed by atoms with E-state index in [1.54, 1.807) is 6.92 Å². The van der Waals surface area contributed by atoms with Crippen molar-refractivity contribution in [3.05, 3.63) is 0 Å². The zero-order chi connectivity index (χ0) is 11.0. The molecule has 0 N–H and O–H groups in total. The molecular weight excluding hydrogens is 222 g/mol. The van der Waals surface area contributed by atoms with Gasteiger partial charge in [0.1, 0.15) is 0 Å². The Bertz CT molecular complexity index is 229. The highest BCUT2D eigenvalue weighted by Crippen LogP contribution is 1.96. The largest absolute Gasteiger partial charge is 0.303 e. The smallest absolute Gasteiger partial charge is 0.151 e. The van der Waals surface area contributed by atoms with Gasteiger partial charge in [0, 0.05) is 18.2 Å². The summed E-state index contributed by atoms with van der Waals surface area (Å²) in [5.74, 6) is 1.14. The first kappa shape index (κ1) is 14.2. The van der Waals surface area contributed by atoms with E-state index in [1.807, 2.05) is 6.92 Å². The molecule has 0 heterocycles. The lowest BCUT2D eigenvalue weighted by molar-refractivity contribution is 0.306. The standard InChI is InChI=1S/C9H20ClNO2S/c1-3-11(7-5-6-10)8-9-14(12,13)4-2/h3-9H2,1-2H3. The fourth-order valence-corrected chi connectivity index (χ4v) is 2.07. The predicted octanol–water partition coefficient (Wildman–Crippen LogP) is 1.37. The van der Waals surface area contributed by atoms with E-state index in [4.69, 9.17) is 11.6 Å². The van der Waals surface area contributed by atoms with Crippen LogP contribution in [-0.2, 0) is 9.84 Å². The minimum Gasteiger partial charge on any atom is -0.303 e. The van der Waals surface area contributed by atoms with E-state index >= 15 is 0 Å². The zero-order valence-corrected chi connectivity index (χ0v) is 10.6. The summed E-state index contributed by atoms with van der Waals surface area (Å²) < 4.78 is 22.5. The zero-order valence-electron chi connectivity index (χ0n) is 9.00. The lowest BCUT2D eigenvalue weighted by Gasteiger charge is -2.19. The Hall–Kier alpha value is 0.200. The molecule has 86 valence electrons. The minimum absolute atomic E-state index is 0.236. The Morgan fingerprint density at radius 2 is 1.86 bits per heavy atom. The summed E-state index contributed by atoms with van der Waals surface area (Å²) >= 11 is 5.58. The lowest BCUT2D eigenvalue weighted by Crippen LogP contribution is -2.30. The van der Waals surface area contributed by atoms with Gasteiger partial charge >= 0.3 is 0 Å². The molecule has 0 saturated carbocycles. The number of hydrogen-bond donors (Lipinski definition) is 0. The molecule has 0 aliphatic rings. The molecule has 0 spiro atoms. The second-order valence-corrected chi connectivity index (χ2v) is 6.06. The normalized spacial score (nSPS) is 12.3. The molecule has 0 aromatic heterocycles. The first-order valence-electron chi connectivity index (χ1n) is 5.04. The SMILES string of the molecule is CCN(CCCCl)CCS(=O)(=O)CC. The maximum Gasteiger partial charge on any atom is 0.151 e. The van der Waals surface area contributed by atoms with Gasteiger partial charge in [0.25, 0.3) is 0 Å². The van der Waals surface area contributed by atoms with Crippen molar-refractivity contribution in [2.45, 2.75) is 20.3 Å². The fraction of sp³-hybridized carbons (Fsp3) is 1.00. The van der Waals surface area contributed by atoms with Crippen LogP contribution in [0.1, 0.15) is 20.3 Å². The quantitative estimate of drug-likeness (QED) is 0.603. The summed E-state index contributed by atoms with van der Waals surface area (Å²) in [4.78, 5) is 2.12. The molecule has 0 rings (SSSR count). The Labute approximate surface area is 92.3 Å². The van der Waals surface area contributed by atoms with Crippen LogP contribution >= 0.6 is 11.6 Å². The molecule has 0 aromatic rings. The summed E-state index contributed by atoms with van der Waals surface area (Å²) in [7, 11) is -2.82. The Morgan fingerprint density at radius 1 is 1.21 bits per heavy atom. The second kappa shape index (κ2) is 7.49. The van der Waals surface area contributed by atoms with Crippen LogP contribution < -0.4 is 0 Å². The molecule has 0 aromatic carbocycles. The van der Waals surface area contributed by atoms with Crippen molar-refractivity contribution in [2.24, 2.45) is 0 Å². The van der Waals surface area contributed by atoms with Crippen molar-refractivity contribution in [3.8, 4) is 0 Å². The van der Waals surface area contributed by atoms with E-state index in [2.05, 4.69) is 4.90 Å². The predicted molar refractivity (Wildman–Crippen MR) is 61.8 cm³/mol. The number of nitrogens with zero attached hydrogens (tertiary/aromatic N) is 1. The van der Waals surface area contributed by atoms with Crippen LogP contribution in [-0.4, -0.2) is 50.3 Å². The van der Waals surface area contributed by atoms with Crippen LogP contribution in [0.4, 0.5) is 0 Å². The number of rotatable bonds is 8. The number of sulfone groups is 1. The van der Waals surface area contributed by atoms with Crippen LogP contribution in [0, 0.1) is 0 Å². The average Bonchev–Trinajstić information content (AvgIpc) is 2.18. The number of alkyl halides is 1. The molecule has 0 saturated heterocycles. The van der Waals surface area contributed by atoms with Crippen molar-refractivity contribution in [3.63, 3.8) is 0 Å². The molecule has 3 nitrogen and oxygen atoms in total. The van der Waals surface area contributed by atoms with Crippen LogP contribution in [0.3, 0.4) is 0 Å². The van der Waals surface area contributed by atoms with E-state index in [0.717, 1.165) is 19.5 Å². The van der Waals surface area contributed by atoms with Gasteiger partial charge in [-0.15, -0.1) is 11.6 Å². The van der Waals surface area contributed by atoms with Crippen molar-refractivity contribution < 1.29 is 8.42 Å². The third-order valence-corrected chi connectivity index (χ3v) is 4.17. The van der Waals surface area contributed by atoms with Crippen LogP contribution in [0.15, 0.2) is 0 Å². The van der Waals surface area contributed by atoms with E-state index < -0.39 is 9.84 Å². The third kappa shape index (κ3) is 6.62. The highest BCUT2D eigenvalue weighted by molar-refractivity contribution is 7.91. The molecule has 0 fully saturated rings. The van der Waals surface area contributed by atoms with Gasteiger partial charge in [0.2, 0.25) is 0 Å². The molecule has 14 heavy (non-hydrogen) atoms. The maximum atomic E-state index is 11.2. The van der Waals surface area contributed by atoms with Gasteiger partial charge < -0.3 is 4.90 Å². The molecule has 0 amide bonds. The minimum atomic E-state index is -2.82. The van der Waals surface area contributed by atoms with Gasteiger partial charge in [0.15, 0.2) is 9.84 Å². The van der Waals surface area contributed by atoms with E-state index in [-0.39, 0.29) is 11.5 Å². The van der Waals surface area contributed by atoms with E-state index in [1.165, 1.54) is 0 Å². The summed E-state index contributed by atoms with van der Waals surface area (Å²) in [6, 6.07) is 0. The van der Waals surface area contributed by atoms with Crippen LogP contribution in [0.2, 0.25) is 0 Å². The van der Waals surface area contributed by atoms with Crippen molar-refractivity contribution in [1.82, 2.24) is 4.90 Å². The molecule has 0 unspecified atom stereocenters. The van der Waals surface area contributed by atoms with Gasteiger partial charge in [0.05, 0.1) is 5.75 Å². The molecule has 0 radical (unpaired) electrons. The number of hydrogen-bond acceptors (Lipinski definition) is 3. The molecule has 5 heteroatoms. The van der Waals surface area contributed by atoms with Crippen LogP contribution in [0.25, 0.3) is 0 Å². The van der Waals surface area contributed by atoms with Gasteiger partial charge in [-0.3, -0.25) is 0 Å². The van der Waals surface area contributed by atoms with Gasteiger partial charge in [-0.05, 0) is 19.5 Å². The summed E-state index contributed by atoms with van der Waals surface area (Å²) in [5, 5.41) is 0. The Morgan fingerprint density at radius 3 is 2.29 bits per heavy atom. The topological polar surface area (TPSA) is 37.4 Å². The van der Waals surface area contributed by atoms with Gasteiger partial charge in [-0.1, -0.05) is 13.8 Å². The Balaban J connectivity index is 3.83. The van der Waals surface area contributed by atoms with E-state index in [0.29, 0.717) is 12.4 Å². The highest BCUT2D eigenvalue weighted by atomic mass is 35.5. The summed E-state index contributed by atoms with van der Waals surface area (Å²) in [5.41, 5.74) is 0. The fourth-order valence-electron chi connectivity index (χ4n) is 1.12. The van der Waals surface area contributed by atoms with Gasteiger partial charge in [-0.25, -0.2) is 8.42 Å². The molecule has 0 atom stereocenters. The van der Waals surface area contributed by atoms with Crippen LogP contribution in [0.5, 0.6) is 0 Å². The first-order chi connectivity index (χ1) is 6.55. The first-order valence-corrected chi connectivity index (χ1v) is 7.40. The summed E-state index contributed by atoms with van der Waals surface area (Å²) in [6.07, 6.45) is 0.918. The third-order valence-electron chi connectivity index (χ3n) is 2.21. The molecular formula is C9H20ClNO2S. The molecule has 0 bridgehead atoms. The maximum absolute atomic E-state index is 11.2. The van der Waals surface area contributed by atoms with Crippen molar-refractivity contribution in [1.29, 1.82) is 0 Å². The second-order valence-electron chi connectivity index (χ2n) is 3.21. The molecule has 0 aliphatic heterocycles. The van der Waals surface area contributed by atoms with Crippen molar-refractivity contribution in [2.75, 3.05) is 37.0 Å². The monoisotopic (exact) mass is 241 g/mol.